The molecule has 42 heavy (non-hydrogen) atoms. The molecule has 6 aromatic rings. The maximum atomic E-state index is 6.18. The topological polar surface area (TPSA) is 9.23 Å². The third kappa shape index (κ3) is 4.13. The summed E-state index contributed by atoms with van der Waals surface area (Å²) in [5, 5.41) is 0. The zero-order valence-electron chi connectivity index (χ0n) is 23.2. The van der Waals surface area contributed by atoms with Crippen LogP contribution in [0.5, 0.6) is 11.5 Å². The zero-order valence-corrected chi connectivity index (χ0v) is 24.8. The quantitative estimate of drug-likeness (QED) is 0.183. The molecule has 0 radical (unpaired) electrons. The van der Waals surface area contributed by atoms with E-state index in [1.165, 1.54) is 68.5 Å². The SMILES string of the molecule is Brc1ccc2c(c1)C(c1ccc(Cc3ccc4c(c3)CC4)cc1)(c1ccc(Oc3ccccc3)cc1)c1ccccc1-2. The van der Waals surface area contributed by atoms with Crippen LogP contribution in [0, 0.1) is 0 Å². The van der Waals surface area contributed by atoms with E-state index in [9.17, 15) is 0 Å². The van der Waals surface area contributed by atoms with Gasteiger partial charge in [-0.3, -0.25) is 0 Å². The predicted octanol–water partition coefficient (Wildman–Crippen LogP) is 10.3. The first-order valence-electron chi connectivity index (χ1n) is 14.6. The van der Waals surface area contributed by atoms with Gasteiger partial charge in [0, 0.05) is 4.47 Å². The molecule has 1 atom stereocenters. The lowest BCUT2D eigenvalue weighted by molar-refractivity contribution is 0.482. The van der Waals surface area contributed by atoms with Gasteiger partial charge in [-0.2, -0.15) is 0 Å². The highest BCUT2D eigenvalue weighted by Crippen LogP contribution is 2.56. The number of ether oxygens (including phenoxy) is 1. The lowest BCUT2D eigenvalue weighted by Crippen LogP contribution is -2.28. The van der Waals surface area contributed by atoms with E-state index in [1.807, 2.05) is 30.3 Å². The van der Waals surface area contributed by atoms with E-state index in [0.29, 0.717) is 0 Å². The number of hydrogen-bond donors (Lipinski definition) is 0. The normalized spacial score (nSPS) is 16.2. The fourth-order valence-electron chi connectivity index (χ4n) is 6.90. The summed E-state index contributed by atoms with van der Waals surface area (Å²) in [7, 11) is 0. The van der Waals surface area contributed by atoms with Crippen LogP contribution in [-0.2, 0) is 24.7 Å². The Morgan fingerprint density at radius 1 is 0.524 bits per heavy atom. The first-order valence-corrected chi connectivity index (χ1v) is 15.4. The Hall–Kier alpha value is -4.40. The number of rotatable bonds is 6. The summed E-state index contributed by atoms with van der Waals surface area (Å²) in [4.78, 5) is 0. The maximum absolute atomic E-state index is 6.18. The number of benzene rings is 6. The summed E-state index contributed by atoms with van der Waals surface area (Å²) in [6.45, 7) is 0. The second-order valence-electron chi connectivity index (χ2n) is 11.4. The van der Waals surface area contributed by atoms with Crippen molar-refractivity contribution in [1.29, 1.82) is 0 Å². The van der Waals surface area contributed by atoms with Crippen LogP contribution in [0.15, 0.2) is 144 Å². The van der Waals surface area contributed by atoms with Crippen molar-refractivity contribution in [3.8, 4) is 22.6 Å². The molecule has 0 aromatic heterocycles. The minimum atomic E-state index is -0.449. The summed E-state index contributed by atoms with van der Waals surface area (Å²) >= 11 is 3.80. The second kappa shape index (κ2) is 10.2. The van der Waals surface area contributed by atoms with Crippen LogP contribution in [0.25, 0.3) is 11.1 Å². The molecule has 1 unspecified atom stereocenters. The van der Waals surface area contributed by atoms with Gasteiger partial charge in [-0.25, -0.2) is 0 Å². The second-order valence-corrected chi connectivity index (χ2v) is 12.3. The molecule has 0 amide bonds. The van der Waals surface area contributed by atoms with E-state index in [2.05, 4.69) is 125 Å². The van der Waals surface area contributed by atoms with Gasteiger partial charge in [0.2, 0.25) is 0 Å². The standard InChI is InChI=1S/C40H29BrO/c41-33-20-23-37-36-8-4-5-9-38(36)40(39(37)26-33,32-18-21-35(22-19-32)42-34-6-2-1-3-7-34)31-16-11-27(12-17-31)24-28-10-13-29-14-15-30(29)25-28/h1-13,16-23,25-26H,14-15,24H2. The van der Waals surface area contributed by atoms with Crippen LogP contribution >= 0.6 is 15.9 Å². The van der Waals surface area contributed by atoms with Crippen molar-refractivity contribution >= 4 is 15.9 Å². The summed E-state index contributed by atoms with van der Waals surface area (Å²) in [5.41, 5.74) is 13.0. The van der Waals surface area contributed by atoms with Crippen LogP contribution in [-0.4, -0.2) is 0 Å². The molecule has 0 spiro atoms. The van der Waals surface area contributed by atoms with Crippen molar-refractivity contribution in [2.75, 3.05) is 0 Å². The van der Waals surface area contributed by atoms with Crippen LogP contribution in [0.1, 0.15) is 44.5 Å². The number of hydrogen-bond acceptors (Lipinski definition) is 1. The van der Waals surface area contributed by atoms with Gasteiger partial charge in [-0.1, -0.05) is 119 Å². The fraction of sp³-hybridized carbons (Fsp3) is 0.100. The zero-order chi connectivity index (χ0) is 28.1. The molecule has 2 heteroatoms. The number of fused-ring (bicyclic) bond motifs is 4. The third-order valence-corrected chi connectivity index (χ3v) is 9.50. The monoisotopic (exact) mass is 604 g/mol. The van der Waals surface area contributed by atoms with E-state index < -0.39 is 5.41 Å². The molecule has 0 N–H and O–H groups in total. The van der Waals surface area contributed by atoms with Gasteiger partial charge >= 0.3 is 0 Å². The highest BCUT2D eigenvalue weighted by atomic mass is 79.9. The Bertz CT molecular complexity index is 1920. The highest BCUT2D eigenvalue weighted by molar-refractivity contribution is 9.10. The number of aryl methyl sites for hydroxylation is 2. The van der Waals surface area contributed by atoms with Crippen molar-refractivity contribution in [3.05, 3.63) is 189 Å². The van der Waals surface area contributed by atoms with Crippen molar-refractivity contribution in [2.24, 2.45) is 0 Å². The van der Waals surface area contributed by atoms with Gasteiger partial charge in [0.05, 0.1) is 5.41 Å². The van der Waals surface area contributed by atoms with Crippen molar-refractivity contribution < 1.29 is 4.74 Å². The first-order chi connectivity index (χ1) is 20.7. The Morgan fingerprint density at radius 3 is 1.90 bits per heavy atom. The molecule has 0 saturated carbocycles. The largest absolute Gasteiger partial charge is 0.457 e. The third-order valence-electron chi connectivity index (χ3n) is 9.00. The Balaban J connectivity index is 1.25. The van der Waals surface area contributed by atoms with Crippen LogP contribution in [0.3, 0.4) is 0 Å². The van der Waals surface area contributed by atoms with E-state index in [-0.39, 0.29) is 0 Å². The predicted molar refractivity (Wildman–Crippen MR) is 175 cm³/mol. The minimum absolute atomic E-state index is 0.449. The average Bonchev–Trinajstić information content (AvgIpc) is 3.30. The maximum Gasteiger partial charge on any atom is 0.127 e. The minimum Gasteiger partial charge on any atom is -0.457 e. The molecule has 202 valence electrons. The lowest BCUT2D eigenvalue weighted by Gasteiger charge is -2.34. The Morgan fingerprint density at radius 2 is 1.17 bits per heavy atom. The fourth-order valence-corrected chi connectivity index (χ4v) is 7.27. The molecule has 0 saturated heterocycles. The Labute approximate surface area is 255 Å². The van der Waals surface area contributed by atoms with Gasteiger partial charge in [-0.15, -0.1) is 0 Å². The van der Waals surface area contributed by atoms with E-state index in [1.54, 1.807) is 0 Å². The highest BCUT2D eigenvalue weighted by Gasteiger charge is 2.46. The van der Waals surface area contributed by atoms with E-state index >= 15 is 0 Å². The molecular formula is C40H29BrO. The number of halogens is 1. The number of para-hydroxylation sites is 1. The molecule has 6 aromatic carbocycles. The van der Waals surface area contributed by atoms with Gasteiger partial charge < -0.3 is 4.74 Å². The summed E-state index contributed by atoms with van der Waals surface area (Å²) in [6, 6.07) is 50.6. The molecule has 0 fully saturated rings. The van der Waals surface area contributed by atoms with Gasteiger partial charge in [0.25, 0.3) is 0 Å². The Kier molecular flexibility index (Phi) is 6.12. The molecule has 1 nitrogen and oxygen atoms in total. The summed E-state index contributed by atoms with van der Waals surface area (Å²) in [5.74, 6) is 1.67. The molecule has 2 aliphatic carbocycles. The average molecular weight is 606 g/mol. The van der Waals surface area contributed by atoms with Gasteiger partial charge in [-0.05, 0) is 111 Å². The van der Waals surface area contributed by atoms with E-state index in [4.69, 9.17) is 4.74 Å². The van der Waals surface area contributed by atoms with Gasteiger partial charge in [0.1, 0.15) is 11.5 Å². The van der Waals surface area contributed by atoms with Crippen molar-refractivity contribution in [3.63, 3.8) is 0 Å². The van der Waals surface area contributed by atoms with Crippen molar-refractivity contribution in [2.45, 2.75) is 24.7 Å². The van der Waals surface area contributed by atoms with Gasteiger partial charge in [0.15, 0.2) is 0 Å². The van der Waals surface area contributed by atoms with Crippen LogP contribution < -0.4 is 4.74 Å². The van der Waals surface area contributed by atoms with E-state index in [0.717, 1.165) is 22.4 Å². The van der Waals surface area contributed by atoms with Crippen LogP contribution in [0.4, 0.5) is 0 Å². The first kappa shape index (κ1) is 25.3. The van der Waals surface area contributed by atoms with Crippen molar-refractivity contribution in [1.82, 2.24) is 0 Å². The molecule has 8 rings (SSSR count). The molecule has 0 bridgehead atoms. The molecule has 2 aliphatic rings. The lowest BCUT2D eigenvalue weighted by atomic mass is 9.67. The smallest absolute Gasteiger partial charge is 0.127 e. The summed E-state index contributed by atoms with van der Waals surface area (Å²) in [6.07, 6.45) is 3.39. The van der Waals surface area contributed by atoms with Crippen LogP contribution in [0.2, 0.25) is 0 Å². The molecule has 0 aliphatic heterocycles. The molecular weight excluding hydrogens is 576 g/mol. The summed E-state index contributed by atoms with van der Waals surface area (Å²) < 4.78 is 7.26. The molecule has 0 heterocycles.